The van der Waals surface area contributed by atoms with E-state index in [9.17, 15) is 4.79 Å². The Morgan fingerprint density at radius 1 is 1.36 bits per heavy atom. The van der Waals surface area contributed by atoms with Crippen LogP contribution in [0.25, 0.3) is 0 Å². The quantitative estimate of drug-likeness (QED) is 0.684. The second-order valence-corrected chi connectivity index (χ2v) is 7.04. The highest BCUT2D eigenvalue weighted by atomic mass is 32.2. The third-order valence-electron chi connectivity index (χ3n) is 4.21. The molecule has 1 saturated heterocycles. The Morgan fingerprint density at radius 2 is 2.18 bits per heavy atom. The first-order valence-corrected chi connectivity index (χ1v) is 8.92. The number of amides is 2. The van der Waals surface area contributed by atoms with Gasteiger partial charge in [0.25, 0.3) is 0 Å². The van der Waals surface area contributed by atoms with Gasteiger partial charge in [0.2, 0.25) is 0 Å². The fourth-order valence-electron chi connectivity index (χ4n) is 3.05. The van der Waals surface area contributed by atoms with Crippen LogP contribution in [0.2, 0.25) is 0 Å². The Morgan fingerprint density at radius 3 is 2.95 bits per heavy atom. The van der Waals surface area contributed by atoms with Crippen molar-refractivity contribution in [3.05, 3.63) is 36.4 Å². The van der Waals surface area contributed by atoms with E-state index in [4.69, 9.17) is 0 Å². The second kappa shape index (κ2) is 7.20. The summed E-state index contributed by atoms with van der Waals surface area (Å²) in [7, 11) is 0. The highest BCUT2D eigenvalue weighted by Crippen LogP contribution is 2.22. The summed E-state index contributed by atoms with van der Waals surface area (Å²) in [6, 6.07) is 8.60. The molecule has 3 rings (SSSR count). The molecule has 22 heavy (non-hydrogen) atoms. The van der Waals surface area contributed by atoms with Gasteiger partial charge in [-0.15, -0.1) is 11.8 Å². The first-order valence-electron chi connectivity index (χ1n) is 7.94. The van der Waals surface area contributed by atoms with E-state index >= 15 is 0 Å². The summed E-state index contributed by atoms with van der Waals surface area (Å²) in [5.41, 5.74) is 0.884. The van der Waals surface area contributed by atoms with Crippen LogP contribution in [0.3, 0.4) is 0 Å². The molecule has 1 atom stereocenters. The first kappa shape index (κ1) is 15.4. The summed E-state index contributed by atoms with van der Waals surface area (Å²) < 4.78 is 0. The minimum Gasteiger partial charge on any atom is -0.323 e. The van der Waals surface area contributed by atoms with Gasteiger partial charge in [0.05, 0.1) is 0 Å². The van der Waals surface area contributed by atoms with Crippen LogP contribution in [0.1, 0.15) is 13.3 Å². The van der Waals surface area contributed by atoms with Crippen LogP contribution in [0.4, 0.5) is 10.5 Å². The zero-order valence-electron chi connectivity index (χ0n) is 13.0. The third kappa shape index (κ3) is 3.65. The number of nitrogens with zero attached hydrogens (tertiary/aromatic N) is 2. The zero-order chi connectivity index (χ0) is 15.4. The van der Waals surface area contributed by atoms with Crippen LogP contribution in [0.15, 0.2) is 41.3 Å². The lowest BCUT2D eigenvalue weighted by molar-refractivity contribution is 0.212. The summed E-state index contributed by atoms with van der Waals surface area (Å²) in [5, 5.41) is 3.03. The Labute approximate surface area is 136 Å². The molecule has 2 amide bonds. The predicted octanol–water partition coefficient (Wildman–Crippen LogP) is 3.28. The maximum Gasteiger partial charge on any atom is 0.321 e. The van der Waals surface area contributed by atoms with Crippen molar-refractivity contribution in [3.63, 3.8) is 0 Å². The molecule has 2 aliphatic rings. The Hall–Kier alpha value is -1.46. The lowest BCUT2D eigenvalue weighted by Gasteiger charge is -2.23. The number of carbonyl (C=O) groups excluding carboxylic acids is 1. The van der Waals surface area contributed by atoms with Crippen molar-refractivity contribution in [1.29, 1.82) is 0 Å². The van der Waals surface area contributed by atoms with E-state index in [0.717, 1.165) is 44.0 Å². The van der Waals surface area contributed by atoms with Gasteiger partial charge in [-0.1, -0.05) is 25.1 Å². The first-order chi connectivity index (χ1) is 10.8. The van der Waals surface area contributed by atoms with E-state index in [1.807, 2.05) is 23.1 Å². The van der Waals surface area contributed by atoms with E-state index in [0.29, 0.717) is 6.04 Å². The number of anilines is 1. The van der Waals surface area contributed by atoms with Crippen LogP contribution in [0, 0.1) is 0 Å². The molecule has 0 radical (unpaired) electrons. The van der Waals surface area contributed by atoms with E-state index in [-0.39, 0.29) is 6.03 Å². The number of urea groups is 1. The molecule has 0 saturated carbocycles. The average Bonchev–Trinajstić information content (AvgIpc) is 3.19. The van der Waals surface area contributed by atoms with Gasteiger partial charge in [0.1, 0.15) is 0 Å². The number of carbonyl (C=O) groups is 1. The fraction of sp³-hybridized carbons (Fsp3) is 0.471. The molecule has 0 aromatic heterocycles. The number of likely N-dealkylation sites (tertiary alicyclic amines) is 1. The van der Waals surface area contributed by atoms with Gasteiger partial charge < -0.3 is 10.2 Å². The van der Waals surface area contributed by atoms with Crippen LogP contribution < -0.4 is 5.32 Å². The molecule has 0 bridgehead atoms. The summed E-state index contributed by atoms with van der Waals surface area (Å²) in [6.07, 6.45) is 5.49. The molecule has 118 valence electrons. The van der Waals surface area contributed by atoms with E-state index < -0.39 is 0 Å². The lowest BCUT2D eigenvalue weighted by Crippen LogP contribution is -2.38. The summed E-state index contributed by atoms with van der Waals surface area (Å²) >= 11 is 1.79. The van der Waals surface area contributed by atoms with Crippen molar-refractivity contribution in [2.24, 2.45) is 0 Å². The van der Waals surface area contributed by atoms with Crippen molar-refractivity contribution in [1.82, 2.24) is 9.80 Å². The lowest BCUT2D eigenvalue weighted by atomic mass is 10.2. The van der Waals surface area contributed by atoms with Crippen molar-refractivity contribution in [2.45, 2.75) is 24.3 Å². The van der Waals surface area contributed by atoms with E-state index in [1.165, 1.54) is 4.90 Å². The normalized spacial score (nSPS) is 21.5. The van der Waals surface area contributed by atoms with Gasteiger partial charge in [-0.25, -0.2) is 4.79 Å². The Kier molecular flexibility index (Phi) is 5.05. The SMILES string of the molecule is CCSc1cccc(NC(=O)N2CC[C@@H](N3CC=CC3)C2)c1. The van der Waals surface area contributed by atoms with E-state index in [1.54, 1.807) is 11.8 Å². The average molecular weight is 317 g/mol. The third-order valence-corrected chi connectivity index (χ3v) is 5.09. The maximum absolute atomic E-state index is 12.4. The van der Waals surface area contributed by atoms with Crippen LogP contribution >= 0.6 is 11.8 Å². The van der Waals surface area contributed by atoms with Gasteiger partial charge in [-0.3, -0.25) is 4.90 Å². The Bertz CT molecular complexity index is 553. The molecule has 1 fully saturated rings. The summed E-state index contributed by atoms with van der Waals surface area (Å²) in [5.74, 6) is 1.04. The molecule has 1 aromatic rings. The fourth-order valence-corrected chi connectivity index (χ4v) is 3.77. The molecule has 1 aromatic carbocycles. The van der Waals surface area contributed by atoms with Crippen LogP contribution in [-0.4, -0.2) is 53.8 Å². The van der Waals surface area contributed by atoms with Gasteiger partial charge in [0.15, 0.2) is 0 Å². The number of thioether (sulfide) groups is 1. The smallest absolute Gasteiger partial charge is 0.321 e. The number of hydrogen-bond acceptors (Lipinski definition) is 3. The molecule has 2 aliphatic heterocycles. The largest absolute Gasteiger partial charge is 0.323 e. The molecular formula is C17H23N3OS. The molecule has 2 heterocycles. The Balaban J connectivity index is 1.55. The van der Waals surface area contributed by atoms with Gasteiger partial charge in [0, 0.05) is 42.8 Å². The van der Waals surface area contributed by atoms with Gasteiger partial charge in [-0.05, 0) is 30.4 Å². The second-order valence-electron chi connectivity index (χ2n) is 5.70. The predicted molar refractivity (Wildman–Crippen MR) is 92.5 cm³/mol. The molecular weight excluding hydrogens is 294 g/mol. The van der Waals surface area contributed by atoms with Gasteiger partial charge in [-0.2, -0.15) is 0 Å². The number of rotatable bonds is 4. The number of hydrogen-bond donors (Lipinski definition) is 1. The number of nitrogens with one attached hydrogen (secondary N) is 1. The minimum atomic E-state index is 0.0216. The highest BCUT2D eigenvalue weighted by molar-refractivity contribution is 7.99. The van der Waals surface area contributed by atoms with Crippen molar-refractivity contribution in [2.75, 3.05) is 37.2 Å². The molecule has 4 nitrogen and oxygen atoms in total. The topological polar surface area (TPSA) is 35.6 Å². The molecule has 5 heteroatoms. The van der Waals surface area contributed by atoms with Crippen LogP contribution in [-0.2, 0) is 0 Å². The molecule has 0 unspecified atom stereocenters. The standard InChI is InChI=1S/C17H23N3OS/c1-2-22-16-7-5-6-14(12-16)18-17(21)20-11-8-15(13-20)19-9-3-4-10-19/h3-7,12,15H,2,8-11,13H2,1H3,(H,18,21)/t15-/m1/s1. The zero-order valence-corrected chi connectivity index (χ0v) is 13.8. The monoisotopic (exact) mass is 317 g/mol. The molecule has 1 N–H and O–H groups in total. The van der Waals surface area contributed by atoms with E-state index in [2.05, 4.69) is 35.4 Å². The number of benzene rings is 1. The minimum absolute atomic E-state index is 0.0216. The molecule has 0 spiro atoms. The summed E-state index contributed by atoms with van der Waals surface area (Å²) in [6.45, 7) is 5.85. The molecule has 0 aliphatic carbocycles. The van der Waals surface area contributed by atoms with Crippen molar-refractivity contribution in [3.8, 4) is 0 Å². The van der Waals surface area contributed by atoms with Crippen molar-refractivity contribution < 1.29 is 4.79 Å². The maximum atomic E-state index is 12.4. The van der Waals surface area contributed by atoms with Crippen LogP contribution in [0.5, 0.6) is 0 Å². The summed E-state index contributed by atoms with van der Waals surface area (Å²) in [4.78, 5) is 18.0. The highest BCUT2D eigenvalue weighted by Gasteiger charge is 2.30. The van der Waals surface area contributed by atoms with Crippen molar-refractivity contribution >= 4 is 23.5 Å². The van der Waals surface area contributed by atoms with Gasteiger partial charge >= 0.3 is 6.03 Å².